The van der Waals surface area contributed by atoms with E-state index >= 15 is 0 Å². The predicted octanol–water partition coefficient (Wildman–Crippen LogP) is 4.85. The van der Waals surface area contributed by atoms with Crippen molar-refractivity contribution in [3.63, 3.8) is 0 Å². The number of benzene rings is 1. The third kappa shape index (κ3) is 3.00. The molecule has 2 heterocycles. The van der Waals surface area contributed by atoms with Crippen molar-refractivity contribution in [3.05, 3.63) is 58.8 Å². The molecule has 0 amide bonds. The lowest BCUT2D eigenvalue weighted by atomic mass is 9.93. The molecule has 4 rings (SSSR count). The van der Waals surface area contributed by atoms with Gasteiger partial charge >= 0.3 is 0 Å². The summed E-state index contributed by atoms with van der Waals surface area (Å²) < 4.78 is 18.5. The largest absolute Gasteiger partial charge is 0.255 e. The molecule has 7 heteroatoms. The monoisotopic (exact) mass is 415 g/mol. The van der Waals surface area contributed by atoms with Crippen LogP contribution in [0.1, 0.15) is 43.4 Å². The van der Waals surface area contributed by atoms with Gasteiger partial charge in [-0.2, -0.15) is 10.2 Å². The molecule has 0 saturated heterocycles. The van der Waals surface area contributed by atoms with E-state index in [2.05, 4.69) is 37.7 Å². The summed E-state index contributed by atoms with van der Waals surface area (Å²) in [4.78, 5) is 4.40. The van der Waals surface area contributed by atoms with Gasteiger partial charge in [0.05, 0.1) is 18.8 Å². The average molecular weight is 416 g/mol. The van der Waals surface area contributed by atoms with Gasteiger partial charge in [0.1, 0.15) is 16.7 Å². The maximum absolute atomic E-state index is 13.7. The molecule has 0 N–H and O–H groups in total. The first-order valence-corrected chi connectivity index (χ1v) is 9.39. The van der Waals surface area contributed by atoms with Crippen molar-refractivity contribution in [2.24, 2.45) is 0 Å². The quantitative estimate of drug-likeness (QED) is 0.598. The fraction of sp³-hybridized carbons (Fsp3) is 0.316. The number of hydrogen-bond acceptors (Lipinski definition) is 3. The number of halogens is 2. The summed E-state index contributed by atoms with van der Waals surface area (Å²) in [5.41, 5.74) is 3.39. The first-order chi connectivity index (χ1) is 12.5. The SMILES string of the molecule is C=C(C)c1cc(F)ccc1-c1ncnn1Cc1cnn(C2CCC2)c1Br. The van der Waals surface area contributed by atoms with Crippen molar-refractivity contribution in [2.45, 2.75) is 38.8 Å². The van der Waals surface area contributed by atoms with Gasteiger partial charge in [-0.05, 0) is 65.9 Å². The lowest BCUT2D eigenvalue weighted by Crippen LogP contribution is -2.18. The van der Waals surface area contributed by atoms with Gasteiger partial charge in [0.25, 0.3) is 0 Å². The maximum Gasteiger partial charge on any atom is 0.158 e. The molecule has 134 valence electrons. The number of allylic oxidation sites excluding steroid dienone is 1. The van der Waals surface area contributed by atoms with E-state index in [9.17, 15) is 4.39 Å². The molecule has 0 atom stereocenters. The Hall–Kier alpha value is -2.28. The highest BCUT2D eigenvalue weighted by Crippen LogP contribution is 2.35. The molecular weight excluding hydrogens is 397 g/mol. The Balaban J connectivity index is 1.68. The van der Waals surface area contributed by atoms with Gasteiger partial charge in [0.2, 0.25) is 0 Å². The normalized spacial score (nSPS) is 14.4. The maximum atomic E-state index is 13.7. The highest BCUT2D eigenvalue weighted by Gasteiger charge is 2.24. The van der Waals surface area contributed by atoms with E-state index in [1.165, 1.54) is 37.7 Å². The van der Waals surface area contributed by atoms with Crippen LogP contribution in [0.5, 0.6) is 0 Å². The first kappa shape index (κ1) is 17.1. The molecule has 1 aromatic carbocycles. The number of rotatable bonds is 5. The summed E-state index contributed by atoms with van der Waals surface area (Å²) in [5.74, 6) is 0.397. The highest BCUT2D eigenvalue weighted by atomic mass is 79.9. The Morgan fingerprint density at radius 3 is 2.85 bits per heavy atom. The number of hydrogen-bond donors (Lipinski definition) is 0. The molecular formula is C19H19BrFN5. The van der Waals surface area contributed by atoms with Crippen LogP contribution < -0.4 is 0 Å². The van der Waals surface area contributed by atoms with Crippen molar-refractivity contribution < 1.29 is 4.39 Å². The van der Waals surface area contributed by atoms with Crippen LogP contribution in [0.3, 0.4) is 0 Å². The molecule has 0 radical (unpaired) electrons. The zero-order valence-electron chi connectivity index (χ0n) is 14.5. The Morgan fingerprint density at radius 2 is 2.15 bits per heavy atom. The molecule has 26 heavy (non-hydrogen) atoms. The van der Waals surface area contributed by atoms with Gasteiger partial charge in [-0.3, -0.25) is 4.68 Å². The van der Waals surface area contributed by atoms with E-state index in [0.717, 1.165) is 26.9 Å². The van der Waals surface area contributed by atoms with E-state index in [-0.39, 0.29) is 5.82 Å². The highest BCUT2D eigenvalue weighted by molar-refractivity contribution is 9.10. The molecule has 0 aliphatic heterocycles. The Morgan fingerprint density at radius 1 is 1.35 bits per heavy atom. The second-order valence-electron chi connectivity index (χ2n) is 6.70. The third-order valence-corrected chi connectivity index (χ3v) is 5.72. The second kappa shape index (κ2) is 6.79. The van der Waals surface area contributed by atoms with Crippen molar-refractivity contribution in [2.75, 3.05) is 0 Å². The first-order valence-electron chi connectivity index (χ1n) is 8.60. The molecule has 0 bridgehead atoms. The number of nitrogens with zero attached hydrogens (tertiary/aromatic N) is 5. The van der Waals surface area contributed by atoms with Crippen molar-refractivity contribution >= 4 is 21.5 Å². The third-order valence-electron chi connectivity index (χ3n) is 4.84. The minimum atomic E-state index is -0.290. The fourth-order valence-corrected chi connectivity index (χ4v) is 3.80. The summed E-state index contributed by atoms with van der Waals surface area (Å²) in [6, 6.07) is 5.14. The van der Waals surface area contributed by atoms with Crippen LogP contribution in [0.2, 0.25) is 0 Å². The van der Waals surface area contributed by atoms with Gasteiger partial charge in [0, 0.05) is 11.1 Å². The fourth-order valence-electron chi connectivity index (χ4n) is 3.19. The van der Waals surface area contributed by atoms with E-state index < -0.39 is 0 Å². The van der Waals surface area contributed by atoms with Crippen LogP contribution in [0, 0.1) is 5.82 Å². The second-order valence-corrected chi connectivity index (χ2v) is 7.45. The lowest BCUT2D eigenvalue weighted by molar-refractivity contribution is 0.284. The lowest BCUT2D eigenvalue weighted by Gasteiger charge is -2.26. The molecule has 0 spiro atoms. The topological polar surface area (TPSA) is 48.5 Å². The van der Waals surface area contributed by atoms with E-state index in [1.807, 2.05) is 22.5 Å². The Kier molecular flexibility index (Phi) is 4.48. The van der Waals surface area contributed by atoms with Crippen molar-refractivity contribution in [1.29, 1.82) is 0 Å². The minimum absolute atomic E-state index is 0.290. The zero-order chi connectivity index (χ0) is 18.3. The average Bonchev–Trinajstić information content (AvgIpc) is 3.15. The van der Waals surface area contributed by atoms with E-state index in [1.54, 1.807) is 6.07 Å². The minimum Gasteiger partial charge on any atom is -0.255 e. The van der Waals surface area contributed by atoms with Crippen LogP contribution in [0.15, 0.2) is 41.9 Å². The molecule has 2 aromatic heterocycles. The van der Waals surface area contributed by atoms with Gasteiger partial charge in [-0.15, -0.1) is 0 Å². The Bertz CT molecular complexity index is 970. The van der Waals surface area contributed by atoms with Crippen LogP contribution in [0.4, 0.5) is 4.39 Å². The summed E-state index contributed by atoms with van der Waals surface area (Å²) >= 11 is 3.68. The van der Waals surface area contributed by atoms with Gasteiger partial charge in [-0.1, -0.05) is 12.2 Å². The molecule has 1 saturated carbocycles. The van der Waals surface area contributed by atoms with Crippen LogP contribution in [0.25, 0.3) is 17.0 Å². The zero-order valence-corrected chi connectivity index (χ0v) is 16.1. The molecule has 1 aliphatic carbocycles. The van der Waals surface area contributed by atoms with Crippen molar-refractivity contribution in [3.8, 4) is 11.4 Å². The van der Waals surface area contributed by atoms with Gasteiger partial charge < -0.3 is 0 Å². The van der Waals surface area contributed by atoms with Gasteiger partial charge in [-0.25, -0.2) is 14.1 Å². The van der Waals surface area contributed by atoms with Crippen molar-refractivity contribution in [1.82, 2.24) is 24.5 Å². The molecule has 1 aliphatic rings. The van der Waals surface area contributed by atoms with Crippen LogP contribution in [-0.2, 0) is 6.54 Å². The summed E-state index contributed by atoms with van der Waals surface area (Å²) in [7, 11) is 0. The molecule has 5 nitrogen and oxygen atoms in total. The summed E-state index contributed by atoms with van der Waals surface area (Å²) in [6.45, 7) is 6.36. The Labute approximate surface area is 159 Å². The summed E-state index contributed by atoms with van der Waals surface area (Å²) in [6.07, 6.45) is 6.99. The van der Waals surface area contributed by atoms with E-state index in [4.69, 9.17) is 0 Å². The molecule has 0 unspecified atom stereocenters. The smallest absolute Gasteiger partial charge is 0.158 e. The van der Waals surface area contributed by atoms with Crippen LogP contribution in [-0.4, -0.2) is 24.5 Å². The van der Waals surface area contributed by atoms with Crippen LogP contribution >= 0.6 is 15.9 Å². The van der Waals surface area contributed by atoms with E-state index in [0.29, 0.717) is 18.4 Å². The number of aromatic nitrogens is 5. The predicted molar refractivity (Wildman–Crippen MR) is 102 cm³/mol. The summed E-state index contributed by atoms with van der Waals surface area (Å²) in [5, 5.41) is 8.89. The standard InChI is InChI=1S/C19H19BrFN5/c1-12(2)17-8-14(21)6-7-16(17)19-22-11-24-25(19)10-13-9-23-26(18(13)20)15-4-3-5-15/h6-9,11,15H,1,3-5,10H2,2H3. The van der Waals surface area contributed by atoms with Gasteiger partial charge in [0.15, 0.2) is 5.82 Å². The molecule has 1 fully saturated rings. The molecule has 3 aromatic rings.